The summed E-state index contributed by atoms with van der Waals surface area (Å²) in [6, 6.07) is 6.05. The number of rotatable bonds is 2. The van der Waals surface area contributed by atoms with Crippen LogP contribution >= 0.6 is 0 Å². The molecule has 1 saturated heterocycles. The van der Waals surface area contributed by atoms with Gasteiger partial charge in [-0.15, -0.1) is 0 Å². The molecule has 0 bridgehead atoms. The normalized spacial score (nSPS) is 20.1. The minimum absolute atomic E-state index is 0.0483. The molecule has 1 atom stereocenters. The van der Waals surface area contributed by atoms with Gasteiger partial charge in [0, 0.05) is 13.1 Å². The van der Waals surface area contributed by atoms with Gasteiger partial charge in [-0.25, -0.2) is 4.79 Å². The Labute approximate surface area is 95.4 Å². The molecule has 3 N–H and O–H groups in total. The SMILES string of the molecule is Cc1cccc(C)c1N1CC(CN)NC1=O. The molecule has 4 heteroatoms. The van der Waals surface area contributed by atoms with Crippen molar-refractivity contribution in [1.29, 1.82) is 0 Å². The number of hydrogen-bond acceptors (Lipinski definition) is 2. The third-order valence-electron chi connectivity index (χ3n) is 2.97. The molecule has 0 saturated carbocycles. The summed E-state index contributed by atoms with van der Waals surface area (Å²) in [4.78, 5) is 13.6. The number of amides is 2. The zero-order chi connectivity index (χ0) is 11.7. The van der Waals surface area contributed by atoms with E-state index in [0.717, 1.165) is 16.8 Å². The van der Waals surface area contributed by atoms with Crippen molar-refractivity contribution >= 4 is 11.7 Å². The van der Waals surface area contributed by atoms with Crippen LogP contribution in [0.3, 0.4) is 0 Å². The zero-order valence-electron chi connectivity index (χ0n) is 9.66. The Morgan fingerprint density at radius 2 is 2.06 bits per heavy atom. The topological polar surface area (TPSA) is 58.4 Å². The van der Waals surface area contributed by atoms with Crippen LogP contribution in [-0.4, -0.2) is 25.2 Å². The van der Waals surface area contributed by atoms with Gasteiger partial charge in [0.2, 0.25) is 0 Å². The maximum Gasteiger partial charge on any atom is 0.322 e. The Morgan fingerprint density at radius 1 is 1.44 bits per heavy atom. The molecule has 1 aromatic rings. The first-order chi connectivity index (χ1) is 7.63. The molecule has 1 aliphatic heterocycles. The van der Waals surface area contributed by atoms with Gasteiger partial charge in [-0.05, 0) is 25.0 Å². The van der Waals surface area contributed by atoms with Crippen LogP contribution in [0.25, 0.3) is 0 Å². The third kappa shape index (κ3) is 1.76. The summed E-state index contributed by atoms with van der Waals surface area (Å²) >= 11 is 0. The molecule has 2 amide bonds. The number of nitrogens with zero attached hydrogens (tertiary/aromatic N) is 1. The number of carbonyl (C=O) groups excluding carboxylic acids is 1. The highest BCUT2D eigenvalue weighted by Gasteiger charge is 2.30. The predicted molar refractivity (Wildman–Crippen MR) is 64.6 cm³/mol. The summed E-state index contributed by atoms with van der Waals surface area (Å²) in [6.45, 7) is 5.17. The third-order valence-corrected chi connectivity index (χ3v) is 2.97. The lowest BCUT2D eigenvalue weighted by Crippen LogP contribution is -2.33. The standard InChI is InChI=1S/C12H17N3O/c1-8-4-3-5-9(2)11(8)15-7-10(6-13)14-12(15)16/h3-5,10H,6-7,13H2,1-2H3,(H,14,16). The Balaban J connectivity index is 2.35. The van der Waals surface area contributed by atoms with E-state index in [-0.39, 0.29) is 12.1 Å². The molecule has 0 aromatic heterocycles. The van der Waals surface area contributed by atoms with E-state index in [1.807, 2.05) is 32.0 Å². The van der Waals surface area contributed by atoms with E-state index < -0.39 is 0 Å². The van der Waals surface area contributed by atoms with Crippen LogP contribution in [0.4, 0.5) is 10.5 Å². The summed E-state index contributed by atoms with van der Waals surface area (Å²) in [6.07, 6.45) is 0. The van der Waals surface area contributed by atoms with Crippen molar-refractivity contribution in [3.8, 4) is 0 Å². The first-order valence-electron chi connectivity index (χ1n) is 5.48. The summed E-state index contributed by atoms with van der Waals surface area (Å²) in [5, 5.41) is 2.87. The lowest BCUT2D eigenvalue weighted by atomic mass is 10.1. The first kappa shape index (κ1) is 11.0. The molecule has 2 rings (SSSR count). The van der Waals surface area contributed by atoms with E-state index in [2.05, 4.69) is 5.32 Å². The molecule has 0 aliphatic carbocycles. The Morgan fingerprint density at radius 3 is 2.56 bits per heavy atom. The molecule has 0 radical (unpaired) electrons. The van der Waals surface area contributed by atoms with E-state index in [4.69, 9.17) is 5.73 Å². The fourth-order valence-electron chi connectivity index (χ4n) is 2.16. The minimum Gasteiger partial charge on any atom is -0.332 e. The minimum atomic E-state index is -0.0483. The number of anilines is 1. The van der Waals surface area contributed by atoms with Crippen molar-refractivity contribution in [3.05, 3.63) is 29.3 Å². The number of benzene rings is 1. The van der Waals surface area contributed by atoms with Crippen molar-refractivity contribution in [2.24, 2.45) is 5.73 Å². The highest BCUT2D eigenvalue weighted by atomic mass is 16.2. The zero-order valence-corrected chi connectivity index (χ0v) is 9.66. The average Bonchev–Trinajstić information content (AvgIpc) is 2.60. The van der Waals surface area contributed by atoms with E-state index in [0.29, 0.717) is 13.1 Å². The Kier molecular flexibility index (Phi) is 2.83. The highest BCUT2D eigenvalue weighted by molar-refractivity contribution is 5.96. The molecule has 1 aliphatic rings. The van der Waals surface area contributed by atoms with Gasteiger partial charge < -0.3 is 11.1 Å². The van der Waals surface area contributed by atoms with Crippen molar-refractivity contribution < 1.29 is 4.79 Å². The van der Waals surface area contributed by atoms with E-state index in [9.17, 15) is 4.79 Å². The molecule has 16 heavy (non-hydrogen) atoms. The first-order valence-corrected chi connectivity index (χ1v) is 5.48. The number of hydrogen-bond donors (Lipinski definition) is 2. The molecule has 1 aromatic carbocycles. The molecular formula is C12H17N3O. The predicted octanol–water partition coefficient (Wildman–Crippen LogP) is 1.16. The summed E-state index contributed by atoms with van der Waals surface area (Å²) in [7, 11) is 0. The second kappa shape index (κ2) is 4.14. The van der Waals surface area contributed by atoms with Crippen LogP contribution in [0.2, 0.25) is 0 Å². The van der Waals surface area contributed by atoms with E-state index in [1.54, 1.807) is 4.90 Å². The van der Waals surface area contributed by atoms with Gasteiger partial charge >= 0.3 is 6.03 Å². The van der Waals surface area contributed by atoms with Gasteiger partial charge in [0.15, 0.2) is 0 Å². The van der Waals surface area contributed by atoms with E-state index in [1.165, 1.54) is 0 Å². The fraction of sp³-hybridized carbons (Fsp3) is 0.417. The number of aryl methyl sites for hydroxylation is 2. The van der Waals surface area contributed by atoms with Gasteiger partial charge in [0.25, 0.3) is 0 Å². The highest BCUT2D eigenvalue weighted by Crippen LogP contribution is 2.26. The second-order valence-electron chi connectivity index (χ2n) is 4.23. The van der Waals surface area contributed by atoms with Crippen LogP contribution < -0.4 is 16.0 Å². The molecule has 86 valence electrons. The number of carbonyl (C=O) groups is 1. The van der Waals surface area contributed by atoms with Crippen molar-refractivity contribution in [2.75, 3.05) is 18.0 Å². The lowest BCUT2D eigenvalue weighted by Gasteiger charge is -2.19. The van der Waals surface area contributed by atoms with Gasteiger partial charge in [-0.3, -0.25) is 4.90 Å². The molecule has 1 fully saturated rings. The van der Waals surface area contributed by atoms with Crippen LogP contribution in [0.5, 0.6) is 0 Å². The maximum atomic E-state index is 11.8. The number of para-hydroxylation sites is 1. The molecule has 0 spiro atoms. The van der Waals surface area contributed by atoms with Crippen molar-refractivity contribution in [1.82, 2.24) is 5.32 Å². The number of nitrogens with one attached hydrogen (secondary N) is 1. The van der Waals surface area contributed by atoms with Gasteiger partial charge in [-0.2, -0.15) is 0 Å². The lowest BCUT2D eigenvalue weighted by molar-refractivity contribution is 0.251. The van der Waals surface area contributed by atoms with Crippen molar-refractivity contribution in [3.63, 3.8) is 0 Å². The molecule has 4 nitrogen and oxygen atoms in total. The summed E-state index contributed by atoms with van der Waals surface area (Å²) in [5.41, 5.74) is 8.82. The van der Waals surface area contributed by atoms with Crippen molar-refractivity contribution in [2.45, 2.75) is 19.9 Å². The average molecular weight is 219 g/mol. The monoisotopic (exact) mass is 219 g/mol. The number of urea groups is 1. The Hall–Kier alpha value is -1.55. The number of nitrogens with two attached hydrogens (primary N) is 1. The molecule has 1 unspecified atom stereocenters. The molecule has 1 heterocycles. The second-order valence-corrected chi connectivity index (χ2v) is 4.23. The van der Waals surface area contributed by atoms with Crippen LogP contribution in [0.1, 0.15) is 11.1 Å². The largest absolute Gasteiger partial charge is 0.332 e. The van der Waals surface area contributed by atoms with Gasteiger partial charge in [-0.1, -0.05) is 18.2 Å². The molecular weight excluding hydrogens is 202 g/mol. The van der Waals surface area contributed by atoms with Gasteiger partial charge in [0.1, 0.15) is 0 Å². The maximum absolute atomic E-state index is 11.8. The smallest absolute Gasteiger partial charge is 0.322 e. The van der Waals surface area contributed by atoms with E-state index >= 15 is 0 Å². The quantitative estimate of drug-likeness (QED) is 0.784. The summed E-state index contributed by atoms with van der Waals surface area (Å²) in [5.74, 6) is 0. The van der Waals surface area contributed by atoms with Crippen LogP contribution in [-0.2, 0) is 0 Å². The summed E-state index contributed by atoms with van der Waals surface area (Å²) < 4.78 is 0. The van der Waals surface area contributed by atoms with Crippen LogP contribution in [0.15, 0.2) is 18.2 Å². The fourth-order valence-corrected chi connectivity index (χ4v) is 2.16. The van der Waals surface area contributed by atoms with Crippen LogP contribution in [0, 0.1) is 13.8 Å². The Bertz CT molecular complexity index is 396. The van der Waals surface area contributed by atoms with Gasteiger partial charge in [0.05, 0.1) is 11.7 Å².